The van der Waals surface area contributed by atoms with Crippen LogP contribution in [0.2, 0.25) is 0 Å². The van der Waals surface area contributed by atoms with E-state index >= 15 is 0 Å². The Morgan fingerprint density at radius 2 is 1.83 bits per heavy atom. The maximum absolute atomic E-state index is 13.3. The highest BCUT2D eigenvalue weighted by atomic mass is 32.2. The maximum Gasteiger partial charge on any atom is 0.475 e. The highest BCUT2D eigenvalue weighted by Crippen LogP contribution is 2.55. The van der Waals surface area contributed by atoms with E-state index in [1.54, 1.807) is 54.5 Å². The van der Waals surface area contributed by atoms with E-state index in [2.05, 4.69) is 15.5 Å². The monoisotopic (exact) mass is 686 g/mol. The molecule has 1 fully saturated rings. The number of rotatable bonds is 18. The van der Waals surface area contributed by atoms with Crippen molar-refractivity contribution in [3.63, 3.8) is 0 Å². The summed E-state index contributed by atoms with van der Waals surface area (Å²) in [7, 11) is -3.76. The van der Waals surface area contributed by atoms with Crippen LogP contribution in [0.1, 0.15) is 106 Å². The zero-order chi connectivity index (χ0) is 34.2. The van der Waals surface area contributed by atoms with Crippen LogP contribution in [0, 0.1) is 5.92 Å². The minimum Gasteiger partial charge on any atom is -0.493 e. The molecule has 1 aromatic rings. The predicted molar refractivity (Wildman–Crippen MR) is 179 cm³/mol. The number of carbonyl (C=O) groups excluding carboxylic acids is 1. The highest BCUT2D eigenvalue weighted by molar-refractivity contribution is 8.16. The van der Waals surface area contributed by atoms with Gasteiger partial charge in [0, 0.05) is 11.8 Å². The SMILES string of the molecule is CCC[C@@H](NC(=O)[C@]1(N)CSC(/C(C)=N/OCCCCOP(=O)(OC(C)(C)C)OC(C)(C)C)=N1)c1cc(OCC2CC2)cc(=O)o1. The Morgan fingerprint density at radius 3 is 2.43 bits per heavy atom. The molecule has 1 amide bonds. The van der Waals surface area contributed by atoms with Crippen molar-refractivity contribution in [3.05, 3.63) is 28.3 Å². The first-order chi connectivity index (χ1) is 21.4. The summed E-state index contributed by atoms with van der Waals surface area (Å²) in [6, 6.07) is 2.40. The molecule has 46 heavy (non-hydrogen) atoms. The lowest BCUT2D eigenvalue weighted by Crippen LogP contribution is -2.54. The van der Waals surface area contributed by atoms with E-state index < -0.39 is 42.3 Å². The quantitative estimate of drug-likeness (QED) is 0.0789. The van der Waals surface area contributed by atoms with Crippen LogP contribution in [-0.4, -0.2) is 59.1 Å². The van der Waals surface area contributed by atoms with E-state index in [0.29, 0.717) is 54.1 Å². The van der Waals surface area contributed by atoms with Gasteiger partial charge in [0.05, 0.1) is 36.5 Å². The van der Waals surface area contributed by atoms with Gasteiger partial charge in [0.25, 0.3) is 5.91 Å². The summed E-state index contributed by atoms with van der Waals surface area (Å²) in [5.74, 6) is 0.986. The normalized spacial score (nSPS) is 19.9. The summed E-state index contributed by atoms with van der Waals surface area (Å²) in [4.78, 5) is 35.5. The lowest BCUT2D eigenvalue weighted by atomic mass is 10.1. The molecule has 2 aliphatic rings. The fraction of sp³-hybridized carbons (Fsp3) is 0.742. The first-order valence-electron chi connectivity index (χ1n) is 15.8. The summed E-state index contributed by atoms with van der Waals surface area (Å²) in [5.41, 5.74) is 3.44. The fourth-order valence-electron chi connectivity index (χ4n) is 4.18. The average Bonchev–Trinajstić information content (AvgIpc) is 3.67. The topological polar surface area (TPSA) is 173 Å². The molecule has 0 spiro atoms. The molecule has 15 heteroatoms. The lowest BCUT2D eigenvalue weighted by molar-refractivity contribution is -0.126. The van der Waals surface area contributed by atoms with Crippen LogP contribution in [0.4, 0.5) is 0 Å². The van der Waals surface area contributed by atoms with Gasteiger partial charge in [-0.25, -0.2) is 14.4 Å². The number of ether oxygens (including phenoxy) is 1. The van der Waals surface area contributed by atoms with Gasteiger partial charge in [-0.1, -0.05) is 18.5 Å². The standard InChI is InChI=1S/C31H51N4O9PS/c1-9-12-24(25-17-23(18-26(36)42-25)39-19-22-13-14-22)33-28(37)31(32)20-46-27(34-31)21(2)35-40-15-10-11-16-41-45(38,43-29(3,4)5)44-30(6,7)8/h17-18,22,24H,9-16,19-20,32H2,1-8H3,(H,33,37)/b35-21+/t24-,31+/m1/s1. The van der Waals surface area contributed by atoms with E-state index in [0.717, 1.165) is 19.3 Å². The number of hydrogen-bond acceptors (Lipinski definition) is 13. The second-order valence-electron chi connectivity index (χ2n) is 13.6. The summed E-state index contributed by atoms with van der Waals surface area (Å²) < 4.78 is 41.1. The number of amides is 1. The molecule has 1 aliphatic heterocycles. The molecular weight excluding hydrogens is 635 g/mol. The number of hydrogen-bond donors (Lipinski definition) is 2. The molecule has 1 saturated carbocycles. The van der Waals surface area contributed by atoms with Crippen LogP contribution in [0.3, 0.4) is 0 Å². The van der Waals surface area contributed by atoms with E-state index in [4.69, 9.17) is 33.3 Å². The second-order valence-corrected chi connectivity index (χ2v) is 16.1. The molecule has 13 nitrogen and oxygen atoms in total. The molecule has 3 N–H and O–H groups in total. The Labute approximate surface area is 276 Å². The number of carbonyl (C=O) groups is 1. The van der Waals surface area contributed by atoms with Gasteiger partial charge in [0.2, 0.25) is 0 Å². The minimum absolute atomic E-state index is 0.156. The number of nitrogens with two attached hydrogens (primary N) is 1. The Kier molecular flexibility index (Phi) is 13.5. The Hall–Kier alpha value is -2.22. The Morgan fingerprint density at radius 1 is 1.17 bits per heavy atom. The molecule has 1 aliphatic carbocycles. The van der Waals surface area contributed by atoms with E-state index in [1.165, 1.54) is 17.8 Å². The smallest absolute Gasteiger partial charge is 0.475 e. The molecular formula is C31H51N4O9PS. The predicted octanol–water partition coefficient (Wildman–Crippen LogP) is 6.11. The van der Waals surface area contributed by atoms with Gasteiger partial charge in [-0.3, -0.25) is 24.1 Å². The highest BCUT2D eigenvalue weighted by Gasteiger charge is 2.41. The molecule has 2 atom stereocenters. The average molecular weight is 687 g/mol. The summed E-state index contributed by atoms with van der Waals surface area (Å²) in [6.07, 6.45) is 4.63. The number of thioether (sulfide) groups is 1. The summed E-state index contributed by atoms with van der Waals surface area (Å²) in [5, 5.41) is 7.55. The molecule has 0 radical (unpaired) electrons. The molecule has 0 bridgehead atoms. The number of phosphoric ester groups is 1. The first kappa shape index (κ1) is 38.2. The van der Waals surface area contributed by atoms with Crippen LogP contribution in [0.25, 0.3) is 0 Å². The third kappa shape index (κ3) is 13.1. The second kappa shape index (κ2) is 16.3. The summed E-state index contributed by atoms with van der Waals surface area (Å²) in [6.45, 7) is 15.4. The van der Waals surface area contributed by atoms with Crippen LogP contribution in [0.5, 0.6) is 5.75 Å². The van der Waals surface area contributed by atoms with Crippen LogP contribution >= 0.6 is 19.6 Å². The third-order valence-electron chi connectivity index (χ3n) is 6.46. The van der Waals surface area contributed by atoms with Crippen molar-refractivity contribution in [2.45, 2.75) is 117 Å². The van der Waals surface area contributed by atoms with Gasteiger partial charge in [-0.2, -0.15) is 0 Å². The van der Waals surface area contributed by atoms with Crippen molar-refractivity contribution in [3.8, 4) is 5.75 Å². The van der Waals surface area contributed by atoms with Crippen molar-refractivity contribution in [2.75, 3.05) is 25.6 Å². The zero-order valence-electron chi connectivity index (χ0n) is 28.4. The third-order valence-corrected chi connectivity index (χ3v) is 9.74. The van der Waals surface area contributed by atoms with Crippen molar-refractivity contribution in [1.29, 1.82) is 0 Å². The number of nitrogens with zero attached hydrogens (tertiary/aromatic N) is 2. The Bertz CT molecular complexity index is 1330. The van der Waals surface area contributed by atoms with Crippen molar-refractivity contribution < 1.29 is 36.9 Å². The van der Waals surface area contributed by atoms with E-state index in [9.17, 15) is 14.2 Å². The number of oxime groups is 1. The zero-order valence-corrected chi connectivity index (χ0v) is 30.1. The largest absolute Gasteiger partial charge is 0.493 e. The number of aliphatic imine (C=N–C) groups is 1. The van der Waals surface area contributed by atoms with E-state index in [-0.39, 0.29) is 19.0 Å². The van der Waals surface area contributed by atoms with Gasteiger partial charge in [-0.15, -0.1) is 11.8 Å². The Balaban J connectivity index is 1.51. The molecule has 0 unspecified atom stereocenters. The molecule has 3 rings (SSSR count). The fourth-order valence-corrected chi connectivity index (χ4v) is 7.04. The van der Waals surface area contributed by atoms with E-state index in [1.807, 2.05) is 6.92 Å². The van der Waals surface area contributed by atoms with Gasteiger partial charge in [0.1, 0.15) is 28.9 Å². The lowest BCUT2D eigenvalue weighted by Gasteiger charge is -2.30. The number of phosphoric acid groups is 1. The molecule has 0 saturated heterocycles. The molecule has 260 valence electrons. The van der Waals surface area contributed by atoms with Crippen LogP contribution in [0.15, 0.2) is 31.5 Å². The minimum atomic E-state index is -3.76. The van der Waals surface area contributed by atoms with Crippen LogP contribution < -0.4 is 21.4 Å². The van der Waals surface area contributed by atoms with Gasteiger partial charge in [-0.05, 0) is 86.5 Å². The van der Waals surface area contributed by atoms with Gasteiger partial charge in [0.15, 0.2) is 5.66 Å². The van der Waals surface area contributed by atoms with Crippen molar-refractivity contribution >= 4 is 36.2 Å². The number of unbranched alkanes of at least 4 members (excludes halogenated alkanes) is 1. The van der Waals surface area contributed by atoms with Gasteiger partial charge >= 0.3 is 13.4 Å². The first-order valence-corrected chi connectivity index (χ1v) is 18.3. The summed E-state index contributed by atoms with van der Waals surface area (Å²) >= 11 is 1.31. The van der Waals surface area contributed by atoms with Crippen molar-refractivity contribution in [1.82, 2.24) is 5.32 Å². The number of nitrogens with one attached hydrogen (secondary N) is 1. The molecule has 2 heterocycles. The van der Waals surface area contributed by atoms with Crippen molar-refractivity contribution in [2.24, 2.45) is 21.8 Å². The van der Waals surface area contributed by atoms with Gasteiger partial charge < -0.3 is 19.3 Å². The molecule has 0 aromatic carbocycles. The van der Waals surface area contributed by atoms with Crippen LogP contribution in [-0.2, 0) is 27.8 Å². The molecule has 1 aromatic heterocycles. The maximum atomic E-state index is 13.3.